The van der Waals surface area contributed by atoms with Crippen molar-refractivity contribution >= 4 is 16.6 Å². The van der Waals surface area contributed by atoms with Crippen molar-refractivity contribution in [2.24, 2.45) is 0 Å². The fourth-order valence-corrected chi connectivity index (χ4v) is 2.59. The molecule has 4 heteroatoms. The zero-order valence-corrected chi connectivity index (χ0v) is 12.3. The third kappa shape index (κ3) is 2.23. The molecule has 0 bridgehead atoms. The van der Waals surface area contributed by atoms with E-state index in [1.165, 1.54) is 16.8 Å². The topological polar surface area (TPSA) is 37.5 Å². The third-order valence-electron chi connectivity index (χ3n) is 3.54. The maximum atomic E-state index is 5.40. The van der Waals surface area contributed by atoms with Crippen LogP contribution in [0.3, 0.4) is 0 Å². The van der Waals surface area contributed by atoms with Gasteiger partial charge in [0.05, 0.1) is 25.4 Å². The number of aromatic nitrogens is 1. The van der Waals surface area contributed by atoms with Crippen LogP contribution in [0.25, 0.3) is 10.9 Å². The molecule has 0 aliphatic carbocycles. The average Bonchev–Trinajstić information content (AvgIpc) is 2.74. The fraction of sp³-hybridized carbons (Fsp3) is 0.467. The molecule has 1 N–H and O–H groups in total. The monoisotopic (exact) mass is 262 g/mol. The van der Waals surface area contributed by atoms with Gasteiger partial charge in [0.1, 0.15) is 0 Å². The average molecular weight is 262 g/mol. The summed E-state index contributed by atoms with van der Waals surface area (Å²) in [4.78, 5) is 5.77. The van der Waals surface area contributed by atoms with E-state index in [-0.39, 0.29) is 0 Å². The minimum Gasteiger partial charge on any atom is -0.493 e. The summed E-state index contributed by atoms with van der Waals surface area (Å²) in [6, 6.07) is 4.04. The van der Waals surface area contributed by atoms with Gasteiger partial charge in [-0.15, -0.1) is 0 Å². The molecule has 0 aliphatic rings. The normalized spacial score (nSPS) is 10.8. The van der Waals surface area contributed by atoms with Crippen molar-refractivity contribution in [1.29, 1.82) is 0 Å². The molecule has 0 radical (unpaired) electrons. The smallest absolute Gasteiger partial charge is 0.162 e. The highest BCUT2D eigenvalue weighted by atomic mass is 16.5. The van der Waals surface area contributed by atoms with Crippen LogP contribution in [-0.2, 0) is 0 Å². The van der Waals surface area contributed by atoms with Crippen LogP contribution in [0.4, 0.5) is 5.69 Å². The van der Waals surface area contributed by atoms with E-state index in [0.29, 0.717) is 0 Å². The number of aryl methyl sites for hydroxylation is 1. The van der Waals surface area contributed by atoms with E-state index in [9.17, 15) is 0 Å². The Bertz CT molecular complexity index is 571. The molecule has 2 aromatic rings. The Morgan fingerprint density at radius 3 is 2.16 bits per heavy atom. The van der Waals surface area contributed by atoms with Gasteiger partial charge in [-0.05, 0) is 26.8 Å². The first-order valence-electron chi connectivity index (χ1n) is 6.65. The molecular weight excluding hydrogens is 240 g/mol. The Kier molecular flexibility index (Phi) is 3.88. The summed E-state index contributed by atoms with van der Waals surface area (Å²) in [6.07, 6.45) is 0. The van der Waals surface area contributed by atoms with Gasteiger partial charge in [0, 0.05) is 30.2 Å². The highest BCUT2D eigenvalue weighted by Gasteiger charge is 2.16. The molecule has 1 heterocycles. The van der Waals surface area contributed by atoms with Crippen molar-refractivity contribution in [1.82, 2.24) is 4.98 Å². The van der Waals surface area contributed by atoms with Gasteiger partial charge in [-0.3, -0.25) is 0 Å². The summed E-state index contributed by atoms with van der Waals surface area (Å²) in [5.74, 6) is 1.52. The highest BCUT2D eigenvalue weighted by molar-refractivity contribution is 5.97. The van der Waals surface area contributed by atoms with Crippen molar-refractivity contribution in [3.8, 4) is 11.5 Å². The van der Waals surface area contributed by atoms with E-state index in [0.717, 1.165) is 30.1 Å². The summed E-state index contributed by atoms with van der Waals surface area (Å²) in [5.41, 5.74) is 3.51. The first kappa shape index (κ1) is 13.6. The first-order chi connectivity index (χ1) is 9.15. The van der Waals surface area contributed by atoms with Gasteiger partial charge in [-0.25, -0.2) is 0 Å². The zero-order chi connectivity index (χ0) is 14.0. The van der Waals surface area contributed by atoms with E-state index >= 15 is 0 Å². The van der Waals surface area contributed by atoms with Gasteiger partial charge in [-0.2, -0.15) is 0 Å². The molecule has 0 aliphatic heterocycles. The number of H-pyrrole nitrogens is 1. The van der Waals surface area contributed by atoms with Gasteiger partial charge < -0.3 is 19.4 Å². The van der Waals surface area contributed by atoms with Gasteiger partial charge >= 0.3 is 0 Å². The molecule has 104 valence electrons. The number of hydrogen-bond acceptors (Lipinski definition) is 3. The van der Waals surface area contributed by atoms with E-state index in [1.54, 1.807) is 14.2 Å². The van der Waals surface area contributed by atoms with Crippen LogP contribution >= 0.6 is 0 Å². The molecule has 1 aromatic carbocycles. The van der Waals surface area contributed by atoms with E-state index < -0.39 is 0 Å². The Balaban J connectivity index is 2.68. The molecule has 0 unspecified atom stereocenters. The van der Waals surface area contributed by atoms with Crippen LogP contribution in [0, 0.1) is 6.92 Å². The minimum absolute atomic E-state index is 0.752. The van der Waals surface area contributed by atoms with Crippen LogP contribution in [0.2, 0.25) is 0 Å². The number of rotatable bonds is 5. The lowest BCUT2D eigenvalue weighted by Gasteiger charge is -2.21. The molecule has 0 spiro atoms. The quantitative estimate of drug-likeness (QED) is 0.898. The highest BCUT2D eigenvalue weighted by Crippen LogP contribution is 2.38. The molecule has 0 saturated carbocycles. The number of ether oxygens (including phenoxy) is 2. The lowest BCUT2D eigenvalue weighted by molar-refractivity contribution is 0.356. The number of aromatic amines is 1. The first-order valence-corrected chi connectivity index (χ1v) is 6.65. The summed E-state index contributed by atoms with van der Waals surface area (Å²) in [7, 11) is 3.32. The molecule has 4 nitrogen and oxygen atoms in total. The van der Waals surface area contributed by atoms with E-state index in [1.807, 2.05) is 12.1 Å². The number of hydrogen-bond donors (Lipinski definition) is 1. The van der Waals surface area contributed by atoms with Crippen LogP contribution in [0.5, 0.6) is 11.5 Å². The summed E-state index contributed by atoms with van der Waals surface area (Å²) < 4.78 is 10.7. The number of anilines is 1. The SMILES string of the molecule is CCN(CC)c1c(C)[nH]c2cc(OC)c(OC)cc12. The lowest BCUT2D eigenvalue weighted by atomic mass is 10.2. The second-order valence-corrected chi connectivity index (χ2v) is 4.52. The summed E-state index contributed by atoms with van der Waals surface area (Å²) in [5, 5.41) is 1.18. The maximum absolute atomic E-state index is 5.40. The molecule has 0 fully saturated rings. The van der Waals surface area contributed by atoms with Crippen LogP contribution < -0.4 is 14.4 Å². The predicted molar refractivity (Wildman–Crippen MR) is 79.7 cm³/mol. The molecule has 0 atom stereocenters. The summed E-state index contributed by atoms with van der Waals surface area (Å²) in [6.45, 7) is 8.41. The Labute approximate surface area is 114 Å². The van der Waals surface area contributed by atoms with Gasteiger partial charge in [0.25, 0.3) is 0 Å². The van der Waals surface area contributed by atoms with Crippen molar-refractivity contribution in [3.05, 3.63) is 17.8 Å². The predicted octanol–water partition coefficient (Wildman–Crippen LogP) is 3.34. The Morgan fingerprint density at radius 2 is 1.63 bits per heavy atom. The maximum Gasteiger partial charge on any atom is 0.162 e. The number of benzene rings is 1. The molecule has 1 aromatic heterocycles. The molecular formula is C15H22N2O2. The number of nitrogens with one attached hydrogen (secondary N) is 1. The van der Waals surface area contributed by atoms with Crippen molar-refractivity contribution in [2.75, 3.05) is 32.2 Å². The lowest BCUT2D eigenvalue weighted by Crippen LogP contribution is -2.22. The molecule has 2 rings (SSSR count). The number of nitrogens with zero attached hydrogens (tertiary/aromatic N) is 1. The number of fused-ring (bicyclic) bond motifs is 1. The van der Waals surface area contributed by atoms with Crippen molar-refractivity contribution in [2.45, 2.75) is 20.8 Å². The third-order valence-corrected chi connectivity index (χ3v) is 3.54. The van der Waals surface area contributed by atoms with Crippen molar-refractivity contribution < 1.29 is 9.47 Å². The van der Waals surface area contributed by atoms with Gasteiger partial charge in [0.2, 0.25) is 0 Å². The largest absolute Gasteiger partial charge is 0.493 e. The van der Waals surface area contributed by atoms with Crippen LogP contribution in [0.1, 0.15) is 19.5 Å². The van der Waals surface area contributed by atoms with Crippen LogP contribution in [0.15, 0.2) is 12.1 Å². The zero-order valence-electron chi connectivity index (χ0n) is 12.3. The van der Waals surface area contributed by atoms with E-state index in [2.05, 4.69) is 30.7 Å². The standard InChI is InChI=1S/C15H22N2O2/c1-6-17(7-2)15-10(3)16-12-9-14(19-5)13(18-4)8-11(12)15/h8-9,16H,6-7H2,1-5H3. The summed E-state index contributed by atoms with van der Waals surface area (Å²) >= 11 is 0. The number of methoxy groups -OCH3 is 2. The second kappa shape index (κ2) is 5.43. The van der Waals surface area contributed by atoms with E-state index in [4.69, 9.17) is 9.47 Å². The molecule has 19 heavy (non-hydrogen) atoms. The fourth-order valence-electron chi connectivity index (χ4n) is 2.59. The molecule has 0 amide bonds. The minimum atomic E-state index is 0.752. The van der Waals surface area contributed by atoms with Crippen LogP contribution in [-0.4, -0.2) is 32.3 Å². The van der Waals surface area contributed by atoms with Gasteiger partial charge in [-0.1, -0.05) is 0 Å². The Hall–Kier alpha value is -1.84. The molecule has 0 saturated heterocycles. The second-order valence-electron chi connectivity index (χ2n) is 4.52. The van der Waals surface area contributed by atoms with Crippen molar-refractivity contribution in [3.63, 3.8) is 0 Å². The Morgan fingerprint density at radius 1 is 1.05 bits per heavy atom. The van der Waals surface area contributed by atoms with Gasteiger partial charge in [0.15, 0.2) is 11.5 Å².